The van der Waals surface area contributed by atoms with Crippen molar-refractivity contribution in [2.24, 2.45) is 0 Å². The third kappa shape index (κ3) is 3.82. The van der Waals surface area contributed by atoms with E-state index in [-0.39, 0.29) is 5.54 Å². The van der Waals surface area contributed by atoms with E-state index >= 15 is 0 Å². The van der Waals surface area contributed by atoms with Crippen molar-refractivity contribution in [1.29, 1.82) is 0 Å². The number of rotatable bonds is 6. The maximum atomic E-state index is 13.0. The average molecular weight is 395 g/mol. The van der Waals surface area contributed by atoms with Crippen LogP contribution in [-0.2, 0) is 0 Å². The lowest BCUT2D eigenvalue weighted by Crippen LogP contribution is -2.60. The molecule has 2 unspecified atom stereocenters. The Morgan fingerprint density at radius 2 is 1.24 bits per heavy atom. The Hall–Kier alpha value is -0.0900. The van der Waals surface area contributed by atoms with E-state index in [1.165, 1.54) is 0 Å². The van der Waals surface area contributed by atoms with Gasteiger partial charge in [0.2, 0.25) is 12.3 Å². The van der Waals surface area contributed by atoms with Gasteiger partial charge < -0.3 is 0 Å². The van der Waals surface area contributed by atoms with Gasteiger partial charge in [-0.3, -0.25) is 0 Å². The molecule has 21 heavy (non-hydrogen) atoms. The lowest BCUT2D eigenvalue weighted by atomic mass is 9.98. The monoisotopic (exact) mass is 394 g/mol. The molecule has 0 aromatic heterocycles. The van der Waals surface area contributed by atoms with Crippen molar-refractivity contribution in [3.63, 3.8) is 0 Å². The number of alkyl halides is 11. The van der Waals surface area contributed by atoms with Crippen LogP contribution in [0.25, 0.3) is 0 Å². The molecule has 0 nitrogen and oxygen atoms in total. The van der Waals surface area contributed by atoms with E-state index in [2.05, 4.69) is 34.8 Å². The molecule has 0 radical (unpaired) electrons. The molecule has 0 aliphatic heterocycles. The van der Waals surface area contributed by atoms with Gasteiger partial charge in [0.1, 0.15) is 5.03 Å². The molecule has 0 amide bonds. The van der Waals surface area contributed by atoms with Crippen LogP contribution in [-0.4, -0.2) is 35.5 Å². The van der Waals surface area contributed by atoms with Gasteiger partial charge in [-0.25, -0.2) is 8.78 Å². The summed E-state index contributed by atoms with van der Waals surface area (Å²) in [5, 5.41) is -7.74. The largest absolute Gasteiger partial charge is 0.358 e. The van der Waals surface area contributed by atoms with E-state index in [0.29, 0.717) is 0 Å². The van der Waals surface area contributed by atoms with Crippen LogP contribution >= 0.6 is 34.8 Å². The lowest BCUT2D eigenvalue weighted by Gasteiger charge is -2.34. The maximum Gasteiger partial charge on any atom is 0.358 e. The molecule has 0 fully saturated rings. The predicted molar refractivity (Wildman–Crippen MR) is 55.2 cm³/mol. The smallest absolute Gasteiger partial charge is 0.234 e. The zero-order valence-electron chi connectivity index (χ0n) is 9.15. The van der Waals surface area contributed by atoms with Gasteiger partial charge in [-0.1, -0.05) is 23.2 Å². The SMILES string of the molecule is FC(C(F)(F)Cl)C(F)(F)C(F)C(F)(F)C(F)(F)C(Cl)=CCl. The van der Waals surface area contributed by atoms with Crippen molar-refractivity contribution >= 4 is 34.8 Å². The third-order valence-corrected chi connectivity index (χ3v) is 2.96. The van der Waals surface area contributed by atoms with Crippen molar-refractivity contribution in [2.75, 3.05) is 0 Å². The topological polar surface area (TPSA) is 0 Å². The van der Waals surface area contributed by atoms with Gasteiger partial charge >= 0.3 is 23.1 Å². The standard InChI is InChI=1S/C8H3Cl3F10/c9-1-2(10)6(16,17)7(18,19)3(12)5(14,15)4(13)8(11,20)21/h1,3-4H. The summed E-state index contributed by atoms with van der Waals surface area (Å²) < 4.78 is 128. The minimum atomic E-state index is -6.36. The highest BCUT2D eigenvalue weighted by Gasteiger charge is 2.74. The Morgan fingerprint density at radius 3 is 1.52 bits per heavy atom. The summed E-state index contributed by atoms with van der Waals surface area (Å²) in [5.74, 6) is -18.4. The third-order valence-electron chi connectivity index (χ3n) is 2.10. The van der Waals surface area contributed by atoms with Crippen molar-refractivity contribution in [1.82, 2.24) is 0 Å². The summed E-state index contributed by atoms with van der Waals surface area (Å²) in [6.45, 7) is 0. The molecule has 0 spiro atoms. The van der Waals surface area contributed by atoms with Crippen LogP contribution in [0.4, 0.5) is 43.9 Å². The van der Waals surface area contributed by atoms with Gasteiger partial charge in [0, 0.05) is 5.54 Å². The van der Waals surface area contributed by atoms with E-state index in [0.717, 1.165) is 0 Å². The summed E-state index contributed by atoms with van der Waals surface area (Å²) in [6.07, 6.45) is -10.4. The fourth-order valence-electron chi connectivity index (χ4n) is 0.975. The molecule has 0 N–H and O–H groups in total. The van der Waals surface area contributed by atoms with Crippen molar-refractivity contribution in [3.05, 3.63) is 10.6 Å². The second-order valence-corrected chi connectivity index (χ2v) is 4.73. The van der Waals surface area contributed by atoms with Crippen LogP contribution in [0.1, 0.15) is 0 Å². The molecule has 0 rings (SSSR count). The van der Waals surface area contributed by atoms with Crippen molar-refractivity contribution in [2.45, 2.75) is 35.5 Å². The first kappa shape index (κ1) is 20.9. The van der Waals surface area contributed by atoms with Crippen LogP contribution in [0, 0.1) is 0 Å². The van der Waals surface area contributed by atoms with Crippen LogP contribution in [0.2, 0.25) is 0 Å². The molecular weight excluding hydrogens is 392 g/mol. The van der Waals surface area contributed by atoms with E-state index in [1.54, 1.807) is 0 Å². The molecule has 0 bridgehead atoms. The molecule has 126 valence electrons. The number of halogens is 13. The second-order valence-electron chi connectivity index (χ2n) is 3.60. The summed E-state index contributed by atoms with van der Waals surface area (Å²) >= 11 is 12.9. The molecule has 0 saturated heterocycles. The van der Waals surface area contributed by atoms with Crippen molar-refractivity contribution < 1.29 is 43.9 Å². The normalized spacial score (nSPS) is 18.6. The Labute approximate surface area is 125 Å². The fraction of sp³-hybridized carbons (Fsp3) is 0.750. The molecule has 13 heteroatoms. The van der Waals surface area contributed by atoms with Crippen LogP contribution < -0.4 is 0 Å². The van der Waals surface area contributed by atoms with Crippen LogP contribution in [0.15, 0.2) is 10.6 Å². The quantitative estimate of drug-likeness (QED) is 0.399. The first-order chi connectivity index (χ1) is 9.04. The molecule has 0 saturated carbocycles. The van der Waals surface area contributed by atoms with E-state index in [9.17, 15) is 43.9 Å². The Bertz CT molecular complexity index is 402. The Kier molecular flexibility index (Phi) is 6.17. The van der Waals surface area contributed by atoms with Crippen LogP contribution in [0.5, 0.6) is 0 Å². The average Bonchev–Trinajstić information content (AvgIpc) is 2.34. The molecule has 0 heterocycles. The summed E-state index contributed by atoms with van der Waals surface area (Å²) in [6, 6.07) is 0. The molecular formula is C8H3Cl3F10. The van der Waals surface area contributed by atoms with Gasteiger partial charge in [0.15, 0.2) is 0 Å². The summed E-state index contributed by atoms with van der Waals surface area (Å²) in [7, 11) is 0. The minimum Gasteiger partial charge on any atom is -0.234 e. The number of hydrogen-bond donors (Lipinski definition) is 0. The highest BCUT2D eigenvalue weighted by atomic mass is 35.5. The summed E-state index contributed by atoms with van der Waals surface area (Å²) in [4.78, 5) is 0. The Balaban J connectivity index is 5.74. The number of hydrogen-bond acceptors (Lipinski definition) is 0. The fourth-order valence-corrected chi connectivity index (χ4v) is 1.38. The zero-order chi connectivity index (χ0) is 17.4. The molecule has 0 aliphatic carbocycles. The van der Waals surface area contributed by atoms with Crippen molar-refractivity contribution in [3.8, 4) is 0 Å². The summed E-state index contributed by atoms with van der Waals surface area (Å²) in [5.41, 5.74) is -0.386. The first-order valence-electron chi connectivity index (χ1n) is 4.49. The van der Waals surface area contributed by atoms with E-state index in [1.807, 2.05) is 0 Å². The van der Waals surface area contributed by atoms with E-state index < -0.39 is 40.5 Å². The molecule has 0 aromatic carbocycles. The minimum absolute atomic E-state index is 0.386. The second kappa shape index (κ2) is 6.19. The van der Waals surface area contributed by atoms with Gasteiger partial charge in [-0.05, 0) is 11.6 Å². The van der Waals surface area contributed by atoms with Gasteiger partial charge in [0.25, 0.3) is 0 Å². The Morgan fingerprint density at radius 1 is 0.857 bits per heavy atom. The number of allylic oxidation sites excluding steroid dienone is 1. The lowest BCUT2D eigenvalue weighted by molar-refractivity contribution is -0.283. The highest BCUT2D eigenvalue weighted by molar-refractivity contribution is 6.37. The maximum absolute atomic E-state index is 13.0. The van der Waals surface area contributed by atoms with Gasteiger partial charge in [-0.15, -0.1) is 0 Å². The molecule has 0 aliphatic rings. The van der Waals surface area contributed by atoms with E-state index in [4.69, 9.17) is 0 Å². The van der Waals surface area contributed by atoms with Crippen LogP contribution in [0.3, 0.4) is 0 Å². The molecule has 2 atom stereocenters. The first-order valence-corrected chi connectivity index (χ1v) is 5.68. The molecule has 0 aromatic rings. The van der Waals surface area contributed by atoms with Gasteiger partial charge in [0.05, 0.1) is 0 Å². The van der Waals surface area contributed by atoms with Gasteiger partial charge in [-0.2, -0.15) is 35.1 Å². The predicted octanol–water partition coefficient (Wildman–Crippen LogP) is 5.72. The zero-order valence-corrected chi connectivity index (χ0v) is 11.4. The highest BCUT2D eigenvalue weighted by Crippen LogP contribution is 2.51.